The number of nitrogens with one attached hydrogen (secondary N) is 1. The summed E-state index contributed by atoms with van der Waals surface area (Å²) in [4.78, 5) is 10.5. The number of nitro benzene ring substituents is 1. The molecule has 0 spiro atoms. The van der Waals surface area contributed by atoms with E-state index in [1.165, 1.54) is 18.2 Å². The van der Waals surface area contributed by atoms with Crippen LogP contribution in [0.25, 0.3) is 0 Å². The number of nitro groups is 1. The van der Waals surface area contributed by atoms with Crippen molar-refractivity contribution in [2.75, 3.05) is 19.0 Å². The van der Waals surface area contributed by atoms with Gasteiger partial charge in [0.15, 0.2) is 0 Å². The highest BCUT2D eigenvalue weighted by Crippen LogP contribution is 2.30. The third-order valence-electron chi connectivity index (χ3n) is 2.59. The molecule has 0 aliphatic carbocycles. The van der Waals surface area contributed by atoms with Crippen molar-refractivity contribution >= 4 is 28.7 Å². The molecule has 0 aliphatic heterocycles. The number of aromatic nitrogens is 2. The van der Waals surface area contributed by atoms with Gasteiger partial charge in [-0.2, -0.15) is 5.10 Å². The van der Waals surface area contributed by atoms with Crippen LogP contribution in [0.1, 0.15) is 0 Å². The smallest absolute Gasteiger partial charge is 0.292 e. The summed E-state index contributed by atoms with van der Waals surface area (Å²) in [7, 11) is 1.61. The van der Waals surface area contributed by atoms with Gasteiger partial charge < -0.3 is 10.1 Å². The number of benzene rings is 1. The Morgan fingerprint density at radius 2 is 2.35 bits per heavy atom. The van der Waals surface area contributed by atoms with E-state index >= 15 is 0 Å². The quantitative estimate of drug-likeness (QED) is 0.654. The van der Waals surface area contributed by atoms with Crippen molar-refractivity contribution in [3.05, 3.63) is 45.7 Å². The highest BCUT2D eigenvalue weighted by Gasteiger charge is 2.14. The van der Waals surface area contributed by atoms with E-state index in [0.29, 0.717) is 29.5 Å². The van der Waals surface area contributed by atoms with Crippen molar-refractivity contribution in [1.29, 1.82) is 0 Å². The van der Waals surface area contributed by atoms with E-state index in [1.54, 1.807) is 24.2 Å². The first kappa shape index (κ1) is 14.3. The fourth-order valence-corrected chi connectivity index (χ4v) is 1.83. The van der Waals surface area contributed by atoms with Crippen LogP contribution in [-0.4, -0.2) is 28.4 Å². The molecule has 1 N–H and O–H groups in total. The lowest BCUT2D eigenvalue weighted by Crippen LogP contribution is -2.04. The Balaban J connectivity index is 2.19. The zero-order chi connectivity index (χ0) is 14.5. The molecule has 0 unspecified atom stereocenters. The highest BCUT2D eigenvalue weighted by molar-refractivity contribution is 6.31. The van der Waals surface area contributed by atoms with E-state index in [-0.39, 0.29) is 5.69 Å². The van der Waals surface area contributed by atoms with Crippen LogP contribution in [0.5, 0.6) is 0 Å². The predicted molar refractivity (Wildman–Crippen MR) is 75.5 cm³/mol. The summed E-state index contributed by atoms with van der Waals surface area (Å²) in [6.07, 6.45) is 3.32. The number of hydrogen-bond donors (Lipinski definition) is 1. The van der Waals surface area contributed by atoms with Gasteiger partial charge in [0.1, 0.15) is 5.69 Å². The molecule has 1 heterocycles. The Hall–Kier alpha value is -2.12. The van der Waals surface area contributed by atoms with Crippen LogP contribution in [0.15, 0.2) is 30.6 Å². The van der Waals surface area contributed by atoms with Crippen LogP contribution >= 0.6 is 11.6 Å². The summed E-state index contributed by atoms with van der Waals surface area (Å²) in [5.74, 6) is 0. The lowest BCUT2D eigenvalue weighted by molar-refractivity contribution is -0.383. The molecule has 20 heavy (non-hydrogen) atoms. The number of hydrogen-bond acceptors (Lipinski definition) is 5. The van der Waals surface area contributed by atoms with E-state index in [1.807, 2.05) is 0 Å². The minimum absolute atomic E-state index is 0.0426. The Morgan fingerprint density at radius 3 is 3.05 bits per heavy atom. The standard InChI is InChI=1S/C12H13ClN4O3/c1-20-5-4-16-8-10(7-14-16)15-11-6-9(13)2-3-12(11)17(18)19/h2-3,6-8,15H,4-5H2,1H3. The van der Waals surface area contributed by atoms with Crippen LogP contribution in [0.4, 0.5) is 17.1 Å². The molecule has 8 heteroatoms. The van der Waals surface area contributed by atoms with Gasteiger partial charge in [-0.15, -0.1) is 0 Å². The van der Waals surface area contributed by atoms with Crippen molar-refractivity contribution in [1.82, 2.24) is 9.78 Å². The van der Waals surface area contributed by atoms with Crippen molar-refractivity contribution in [3.8, 4) is 0 Å². The molecule has 2 rings (SSSR count). The largest absolute Gasteiger partial charge is 0.383 e. The third kappa shape index (κ3) is 3.46. The molecule has 1 aromatic heterocycles. The molecule has 0 bridgehead atoms. The van der Waals surface area contributed by atoms with Crippen molar-refractivity contribution in [3.63, 3.8) is 0 Å². The molecule has 0 radical (unpaired) electrons. The first-order chi connectivity index (χ1) is 9.60. The average Bonchev–Trinajstić information content (AvgIpc) is 2.83. The van der Waals surface area contributed by atoms with E-state index in [0.717, 1.165) is 0 Å². The van der Waals surface area contributed by atoms with E-state index in [9.17, 15) is 10.1 Å². The summed E-state index contributed by atoms with van der Waals surface area (Å²) >= 11 is 5.86. The van der Waals surface area contributed by atoms with Gasteiger partial charge in [0.05, 0.1) is 30.0 Å². The molecule has 0 saturated carbocycles. The topological polar surface area (TPSA) is 82.2 Å². The second-order valence-corrected chi connectivity index (χ2v) is 4.46. The maximum absolute atomic E-state index is 11.0. The number of methoxy groups -OCH3 is 1. The van der Waals surface area contributed by atoms with Crippen LogP contribution in [0.3, 0.4) is 0 Å². The SMILES string of the molecule is COCCn1cc(Nc2cc(Cl)ccc2[N+](=O)[O-])cn1. The molecule has 1 aromatic carbocycles. The monoisotopic (exact) mass is 296 g/mol. The summed E-state index contributed by atoms with van der Waals surface area (Å²) in [6.45, 7) is 1.15. The van der Waals surface area contributed by atoms with Gasteiger partial charge in [0, 0.05) is 24.4 Å². The molecular formula is C12H13ClN4O3. The average molecular weight is 297 g/mol. The van der Waals surface area contributed by atoms with Gasteiger partial charge >= 0.3 is 0 Å². The van der Waals surface area contributed by atoms with Crippen molar-refractivity contribution < 1.29 is 9.66 Å². The summed E-state index contributed by atoms with van der Waals surface area (Å²) in [6, 6.07) is 4.35. The van der Waals surface area contributed by atoms with E-state index in [2.05, 4.69) is 10.4 Å². The summed E-state index contributed by atoms with van der Waals surface area (Å²) in [5, 5.41) is 18.4. The van der Waals surface area contributed by atoms with Crippen molar-refractivity contribution in [2.24, 2.45) is 0 Å². The van der Waals surface area contributed by atoms with E-state index < -0.39 is 4.92 Å². The second kappa shape index (κ2) is 6.36. The van der Waals surface area contributed by atoms with E-state index in [4.69, 9.17) is 16.3 Å². The van der Waals surface area contributed by atoms with Gasteiger partial charge in [0.25, 0.3) is 5.69 Å². The molecule has 7 nitrogen and oxygen atoms in total. The van der Waals surface area contributed by atoms with Gasteiger partial charge in [-0.05, 0) is 12.1 Å². The first-order valence-electron chi connectivity index (χ1n) is 5.82. The van der Waals surface area contributed by atoms with Crippen molar-refractivity contribution in [2.45, 2.75) is 6.54 Å². The molecule has 0 saturated heterocycles. The Morgan fingerprint density at radius 1 is 1.55 bits per heavy atom. The molecule has 0 fully saturated rings. The van der Waals surface area contributed by atoms with Crippen LogP contribution in [-0.2, 0) is 11.3 Å². The van der Waals surface area contributed by atoms with Crippen LogP contribution in [0.2, 0.25) is 5.02 Å². The molecule has 106 valence electrons. The number of nitrogens with zero attached hydrogens (tertiary/aromatic N) is 3. The third-order valence-corrected chi connectivity index (χ3v) is 2.83. The number of halogens is 1. The van der Waals surface area contributed by atoms with Gasteiger partial charge in [-0.3, -0.25) is 14.8 Å². The molecule has 0 atom stereocenters. The fourth-order valence-electron chi connectivity index (χ4n) is 1.66. The number of rotatable bonds is 6. The molecular weight excluding hydrogens is 284 g/mol. The Labute approximate surface area is 120 Å². The number of ether oxygens (including phenoxy) is 1. The lowest BCUT2D eigenvalue weighted by atomic mass is 10.2. The zero-order valence-corrected chi connectivity index (χ0v) is 11.5. The minimum atomic E-state index is -0.464. The van der Waals surface area contributed by atoms with Gasteiger partial charge in [0.2, 0.25) is 0 Å². The second-order valence-electron chi connectivity index (χ2n) is 4.03. The first-order valence-corrected chi connectivity index (χ1v) is 6.20. The highest BCUT2D eigenvalue weighted by atomic mass is 35.5. The maximum Gasteiger partial charge on any atom is 0.292 e. The minimum Gasteiger partial charge on any atom is -0.383 e. The normalized spacial score (nSPS) is 10.5. The van der Waals surface area contributed by atoms with Gasteiger partial charge in [-0.1, -0.05) is 11.6 Å². The molecule has 0 amide bonds. The molecule has 0 aliphatic rings. The summed E-state index contributed by atoms with van der Waals surface area (Å²) < 4.78 is 6.63. The van der Waals surface area contributed by atoms with Crippen LogP contribution < -0.4 is 5.32 Å². The Bertz CT molecular complexity index is 614. The molecule has 2 aromatic rings. The lowest BCUT2D eigenvalue weighted by Gasteiger charge is -2.05. The summed E-state index contributed by atoms with van der Waals surface area (Å²) in [5.41, 5.74) is 0.930. The fraction of sp³-hybridized carbons (Fsp3) is 0.250. The maximum atomic E-state index is 11.0. The van der Waals surface area contributed by atoms with Crippen LogP contribution in [0, 0.1) is 10.1 Å². The Kier molecular flexibility index (Phi) is 4.54. The van der Waals surface area contributed by atoms with Gasteiger partial charge in [-0.25, -0.2) is 0 Å². The predicted octanol–water partition coefficient (Wildman–Crippen LogP) is 2.83. The zero-order valence-electron chi connectivity index (χ0n) is 10.7. The number of anilines is 2.